The third-order valence-electron chi connectivity index (χ3n) is 4.19. The van der Waals surface area contributed by atoms with Crippen molar-refractivity contribution in [3.05, 3.63) is 34.4 Å². The van der Waals surface area contributed by atoms with Gasteiger partial charge < -0.3 is 14.7 Å². The normalized spacial score (nSPS) is 11.1. The zero-order valence-electron chi connectivity index (χ0n) is 15.1. The summed E-state index contributed by atoms with van der Waals surface area (Å²) in [6.45, 7) is 8.00. The van der Waals surface area contributed by atoms with E-state index in [1.165, 1.54) is 0 Å². The number of anilines is 1. The summed E-state index contributed by atoms with van der Waals surface area (Å²) in [6, 6.07) is 8.06. The van der Waals surface area contributed by atoms with Crippen LogP contribution in [-0.2, 0) is 0 Å². The van der Waals surface area contributed by atoms with E-state index in [0.29, 0.717) is 13.2 Å². The lowest BCUT2D eigenvalue weighted by atomic mass is 10.0. The maximum absolute atomic E-state index is 9.41. The Labute approximate surface area is 162 Å². The standard InChI is InChI=1S/C19H22ClN3O2S/c1-4-23(10-11-24)17-16-15(12(3)26-18(16)22-19(20)21-17)13-6-8-14(9-7-13)25-5-2/h6-9,24H,4-5,10-11H2,1-3H3. The molecular weight excluding hydrogens is 370 g/mol. The first-order valence-electron chi connectivity index (χ1n) is 8.64. The van der Waals surface area contributed by atoms with Crippen molar-refractivity contribution in [1.29, 1.82) is 0 Å². The van der Waals surface area contributed by atoms with E-state index in [4.69, 9.17) is 16.3 Å². The van der Waals surface area contributed by atoms with Crippen molar-refractivity contribution in [2.24, 2.45) is 0 Å². The van der Waals surface area contributed by atoms with Crippen molar-refractivity contribution < 1.29 is 9.84 Å². The number of hydrogen-bond acceptors (Lipinski definition) is 6. The molecule has 0 atom stereocenters. The molecule has 5 nitrogen and oxygen atoms in total. The molecule has 1 N–H and O–H groups in total. The quantitative estimate of drug-likeness (QED) is 0.599. The number of aliphatic hydroxyl groups excluding tert-OH is 1. The van der Waals surface area contributed by atoms with Gasteiger partial charge in [0.1, 0.15) is 16.4 Å². The number of benzene rings is 1. The summed E-state index contributed by atoms with van der Waals surface area (Å²) in [4.78, 5) is 13.0. The summed E-state index contributed by atoms with van der Waals surface area (Å²) in [7, 11) is 0. The Morgan fingerprint density at radius 2 is 1.92 bits per heavy atom. The molecule has 3 rings (SSSR count). The Hall–Kier alpha value is -1.89. The number of ether oxygens (including phenoxy) is 1. The lowest BCUT2D eigenvalue weighted by Crippen LogP contribution is -2.27. The minimum atomic E-state index is 0.0540. The van der Waals surface area contributed by atoms with Gasteiger partial charge in [-0.1, -0.05) is 12.1 Å². The lowest BCUT2D eigenvalue weighted by Gasteiger charge is -2.22. The number of likely N-dealkylation sites (N-methyl/N-ethyl adjacent to an activating group) is 1. The first-order valence-corrected chi connectivity index (χ1v) is 9.84. The van der Waals surface area contributed by atoms with Gasteiger partial charge in [-0.15, -0.1) is 11.3 Å². The SMILES string of the molecule is CCOc1ccc(-c2c(C)sc3nc(Cl)nc(N(CC)CCO)c23)cc1. The summed E-state index contributed by atoms with van der Waals surface area (Å²) in [5, 5.41) is 10.6. The monoisotopic (exact) mass is 391 g/mol. The molecule has 0 radical (unpaired) electrons. The fourth-order valence-corrected chi connectivity index (χ4v) is 4.32. The lowest BCUT2D eigenvalue weighted by molar-refractivity contribution is 0.302. The van der Waals surface area contributed by atoms with Gasteiger partial charge in [0.2, 0.25) is 5.28 Å². The minimum absolute atomic E-state index is 0.0540. The van der Waals surface area contributed by atoms with Crippen molar-refractivity contribution in [1.82, 2.24) is 9.97 Å². The molecule has 0 aliphatic rings. The molecule has 1 aromatic carbocycles. The van der Waals surface area contributed by atoms with Crippen LogP contribution in [0.2, 0.25) is 5.28 Å². The van der Waals surface area contributed by atoms with Crippen molar-refractivity contribution in [2.75, 3.05) is 31.2 Å². The topological polar surface area (TPSA) is 58.5 Å². The third-order valence-corrected chi connectivity index (χ3v) is 5.35. The van der Waals surface area contributed by atoms with Crippen molar-refractivity contribution in [3.63, 3.8) is 0 Å². The van der Waals surface area contributed by atoms with E-state index in [-0.39, 0.29) is 11.9 Å². The number of halogens is 1. The fourth-order valence-electron chi connectivity index (χ4n) is 3.06. The highest BCUT2D eigenvalue weighted by molar-refractivity contribution is 7.19. The second-order valence-corrected chi connectivity index (χ2v) is 7.33. The Bertz CT molecular complexity index is 896. The number of aromatic nitrogens is 2. The number of aliphatic hydroxyl groups is 1. The van der Waals surface area contributed by atoms with Gasteiger partial charge in [-0.2, -0.15) is 4.98 Å². The van der Waals surface area contributed by atoms with E-state index in [2.05, 4.69) is 29.0 Å². The molecule has 0 fully saturated rings. The van der Waals surface area contributed by atoms with Gasteiger partial charge in [-0.25, -0.2) is 4.98 Å². The predicted octanol–water partition coefficient (Wildman–Crippen LogP) is 4.54. The number of nitrogens with zero attached hydrogens (tertiary/aromatic N) is 3. The highest BCUT2D eigenvalue weighted by atomic mass is 35.5. The second kappa shape index (κ2) is 8.20. The number of rotatable bonds is 7. The molecule has 0 aliphatic carbocycles. The molecule has 2 heterocycles. The summed E-state index contributed by atoms with van der Waals surface area (Å²) < 4.78 is 5.55. The zero-order valence-corrected chi connectivity index (χ0v) is 16.7. The van der Waals surface area contributed by atoms with E-state index < -0.39 is 0 Å². The van der Waals surface area contributed by atoms with Crippen LogP contribution in [0.1, 0.15) is 18.7 Å². The average molecular weight is 392 g/mol. The highest BCUT2D eigenvalue weighted by Gasteiger charge is 2.21. The van der Waals surface area contributed by atoms with E-state index in [1.807, 2.05) is 30.9 Å². The van der Waals surface area contributed by atoms with Crippen LogP contribution in [0.4, 0.5) is 5.82 Å². The van der Waals surface area contributed by atoms with Crippen LogP contribution >= 0.6 is 22.9 Å². The molecule has 0 saturated carbocycles. The highest BCUT2D eigenvalue weighted by Crippen LogP contribution is 2.42. The van der Waals surface area contributed by atoms with Crippen LogP contribution in [0.3, 0.4) is 0 Å². The van der Waals surface area contributed by atoms with Gasteiger partial charge in [0.25, 0.3) is 0 Å². The Morgan fingerprint density at radius 3 is 2.54 bits per heavy atom. The molecule has 138 valence electrons. The van der Waals surface area contributed by atoms with Gasteiger partial charge in [0.05, 0.1) is 18.6 Å². The number of thiophene rings is 1. The van der Waals surface area contributed by atoms with Gasteiger partial charge in [0.15, 0.2) is 0 Å². The van der Waals surface area contributed by atoms with E-state index in [9.17, 15) is 5.11 Å². The predicted molar refractivity (Wildman–Crippen MR) is 109 cm³/mol. The van der Waals surface area contributed by atoms with E-state index >= 15 is 0 Å². The van der Waals surface area contributed by atoms with Crippen LogP contribution in [0.25, 0.3) is 21.3 Å². The number of fused-ring (bicyclic) bond motifs is 1. The Balaban J connectivity index is 2.20. The third kappa shape index (κ3) is 3.63. The van der Waals surface area contributed by atoms with Crippen LogP contribution in [0.5, 0.6) is 5.75 Å². The van der Waals surface area contributed by atoms with Crippen LogP contribution in [0.15, 0.2) is 24.3 Å². The summed E-state index contributed by atoms with van der Waals surface area (Å²) in [6.07, 6.45) is 0. The molecule has 7 heteroatoms. The number of hydrogen-bond donors (Lipinski definition) is 1. The largest absolute Gasteiger partial charge is 0.494 e. The van der Waals surface area contributed by atoms with Crippen LogP contribution < -0.4 is 9.64 Å². The van der Waals surface area contributed by atoms with Crippen LogP contribution in [0, 0.1) is 6.92 Å². The van der Waals surface area contributed by atoms with Gasteiger partial charge in [0, 0.05) is 23.5 Å². The van der Waals surface area contributed by atoms with Crippen LogP contribution in [-0.4, -0.2) is 41.4 Å². The van der Waals surface area contributed by atoms with Gasteiger partial charge >= 0.3 is 0 Å². The molecule has 0 unspecified atom stereocenters. The van der Waals surface area contributed by atoms with Gasteiger partial charge in [-0.3, -0.25) is 0 Å². The molecule has 3 aromatic rings. The first-order chi connectivity index (χ1) is 12.6. The average Bonchev–Trinajstić information content (AvgIpc) is 2.95. The van der Waals surface area contributed by atoms with Crippen molar-refractivity contribution in [3.8, 4) is 16.9 Å². The second-order valence-electron chi connectivity index (χ2n) is 5.79. The zero-order chi connectivity index (χ0) is 18.7. The molecule has 0 bridgehead atoms. The summed E-state index contributed by atoms with van der Waals surface area (Å²) in [5.74, 6) is 1.62. The molecular formula is C19H22ClN3O2S. The Kier molecular flexibility index (Phi) is 5.96. The van der Waals surface area contributed by atoms with E-state index in [0.717, 1.165) is 44.3 Å². The van der Waals surface area contributed by atoms with Crippen molar-refractivity contribution >= 4 is 39.0 Å². The molecule has 0 amide bonds. The molecule has 2 aromatic heterocycles. The maximum Gasteiger partial charge on any atom is 0.225 e. The fraction of sp³-hybridized carbons (Fsp3) is 0.368. The summed E-state index contributed by atoms with van der Waals surface area (Å²) >= 11 is 7.77. The minimum Gasteiger partial charge on any atom is -0.494 e. The van der Waals surface area contributed by atoms with Gasteiger partial charge in [-0.05, 0) is 50.1 Å². The first kappa shape index (κ1) is 18.9. The summed E-state index contributed by atoms with van der Waals surface area (Å²) in [5.41, 5.74) is 2.19. The number of aryl methyl sites for hydroxylation is 1. The van der Waals surface area contributed by atoms with E-state index in [1.54, 1.807) is 11.3 Å². The molecule has 0 spiro atoms. The Morgan fingerprint density at radius 1 is 1.19 bits per heavy atom. The molecule has 0 saturated heterocycles. The molecule has 26 heavy (non-hydrogen) atoms. The maximum atomic E-state index is 9.41. The molecule has 0 aliphatic heterocycles. The smallest absolute Gasteiger partial charge is 0.225 e. The van der Waals surface area contributed by atoms with Crippen molar-refractivity contribution in [2.45, 2.75) is 20.8 Å².